The number of hydrogen-bond donors (Lipinski definition) is 1. The molecule has 20 heavy (non-hydrogen) atoms. The summed E-state index contributed by atoms with van der Waals surface area (Å²) >= 11 is 3.37. The fourth-order valence-electron chi connectivity index (χ4n) is 1.73. The number of carbonyl (C=O) groups excluding carboxylic acids is 1. The van der Waals surface area contributed by atoms with Gasteiger partial charge in [0, 0.05) is 11.0 Å². The molecule has 104 valence electrons. The Morgan fingerprint density at radius 1 is 1.20 bits per heavy atom. The van der Waals surface area contributed by atoms with Crippen molar-refractivity contribution in [3.63, 3.8) is 0 Å². The first-order valence-electron chi connectivity index (χ1n) is 6.39. The van der Waals surface area contributed by atoms with E-state index >= 15 is 0 Å². The van der Waals surface area contributed by atoms with Crippen LogP contribution in [0.5, 0.6) is 5.75 Å². The van der Waals surface area contributed by atoms with Crippen LogP contribution in [0.4, 0.5) is 0 Å². The number of ether oxygens (including phenoxy) is 1. The number of rotatable bonds is 5. The van der Waals surface area contributed by atoms with Crippen LogP contribution in [0.15, 0.2) is 59.1 Å². The molecule has 0 bridgehead atoms. The summed E-state index contributed by atoms with van der Waals surface area (Å²) in [5.74, 6) is 0.538. The molecule has 0 saturated carbocycles. The topological polar surface area (TPSA) is 38.3 Å². The molecule has 0 spiro atoms. The van der Waals surface area contributed by atoms with Gasteiger partial charge >= 0.3 is 0 Å². The zero-order valence-corrected chi connectivity index (χ0v) is 12.8. The highest BCUT2D eigenvalue weighted by molar-refractivity contribution is 9.10. The molecule has 4 heteroatoms. The van der Waals surface area contributed by atoms with Crippen molar-refractivity contribution in [2.24, 2.45) is 0 Å². The van der Waals surface area contributed by atoms with E-state index in [0.717, 1.165) is 10.0 Å². The SMILES string of the molecule is C[C@H](Oc1cccc(Br)c1)C(=O)NCc1ccccc1. The lowest BCUT2D eigenvalue weighted by Gasteiger charge is -2.15. The number of nitrogens with one attached hydrogen (secondary N) is 1. The highest BCUT2D eigenvalue weighted by Gasteiger charge is 2.14. The van der Waals surface area contributed by atoms with E-state index in [4.69, 9.17) is 4.74 Å². The smallest absolute Gasteiger partial charge is 0.261 e. The predicted molar refractivity (Wildman–Crippen MR) is 82.5 cm³/mol. The van der Waals surface area contributed by atoms with Gasteiger partial charge in [0.2, 0.25) is 0 Å². The van der Waals surface area contributed by atoms with Gasteiger partial charge in [-0.05, 0) is 30.7 Å². The van der Waals surface area contributed by atoms with E-state index in [2.05, 4.69) is 21.2 Å². The van der Waals surface area contributed by atoms with Crippen molar-refractivity contribution in [1.82, 2.24) is 5.32 Å². The van der Waals surface area contributed by atoms with Crippen molar-refractivity contribution in [1.29, 1.82) is 0 Å². The first kappa shape index (κ1) is 14.6. The van der Waals surface area contributed by atoms with E-state index in [1.54, 1.807) is 6.92 Å². The number of carbonyl (C=O) groups is 1. The number of amides is 1. The maximum absolute atomic E-state index is 12.0. The van der Waals surface area contributed by atoms with Gasteiger partial charge in [-0.2, -0.15) is 0 Å². The van der Waals surface area contributed by atoms with Crippen LogP contribution in [0.1, 0.15) is 12.5 Å². The molecule has 1 atom stereocenters. The fraction of sp³-hybridized carbons (Fsp3) is 0.188. The second-order valence-electron chi connectivity index (χ2n) is 4.42. The van der Waals surface area contributed by atoms with Crippen LogP contribution >= 0.6 is 15.9 Å². The van der Waals surface area contributed by atoms with Crippen LogP contribution in [0.3, 0.4) is 0 Å². The zero-order chi connectivity index (χ0) is 14.4. The molecule has 0 unspecified atom stereocenters. The van der Waals surface area contributed by atoms with Gasteiger partial charge in [0.1, 0.15) is 5.75 Å². The molecule has 2 aromatic rings. The standard InChI is InChI=1S/C16H16BrNO2/c1-12(20-15-9-5-8-14(17)10-15)16(19)18-11-13-6-3-2-4-7-13/h2-10,12H,11H2,1H3,(H,18,19)/t12-/m0/s1. The summed E-state index contributed by atoms with van der Waals surface area (Å²) < 4.78 is 6.53. The Kier molecular flexibility index (Phi) is 5.18. The lowest BCUT2D eigenvalue weighted by Crippen LogP contribution is -2.35. The molecule has 0 heterocycles. The van der Waals surface area contributed by atoms with Gasteiger partial charge in [0.15, 0.2) is 6.10 Å². The van der Waals surface area contributed by atoms with Crippen molar-refractivity contribution >= 4 is 21.8 Å². The summed E-state index contributed by atoms with van der Waals surface area (Å²) in [4.78, 5) is 12.0. The normalized spacial score (nSPS) is 11.7. The molecule has 2 rings (SSSR count). The van der Waals surface area contributed by atoms with Gasteiger partial charge in [0.05, 0.1) is 0 Å². The third kappa shape index (κ3) is 4.38. The first-order valence-corrected chi connectivity index (χ1v) is 7.18. The van der Waals surface area contributed by atoms with Gasteiger partial charge in [-0.25, -0.2) is 0 Å². The Bertz CT molecular complexity index is 572. The van der Waals surface area contributed by atoms with E-state index in [-0.39, 0.29) is 5.91 Å². The number of halogens is 1. The van der Waals surface area contributed by atoms with Crippen molar-refractivity contribution in [2.45, 2.75) is 19.6 Å². The molecule has 0 saturated heterocycles. The minimum Gasteiger partial charge on any atom is -0.481 e. The average Bonchev–Trinajstić information content (AvgIpc) is 2.46. The molecule has 1 amide bonds. The zero-order valence-electron chi connectivity index (χ0n) is 11.2. The van der Waals surface area contributed by atoms with Crippen molar-refractivity contribution < 1.29 is 9.53 Å². The van der Waals surface area contributed by atoms with Crippen LogP contribution in [0.25, 0.3) is 0 Å². The third-order valence-corrected chi connectivity index (χ3v) is 3.28. The highest BCUT2D eigenvalue weighted by Crippen LogP contribution is 2.18. The molecule has 0 aliphatic rings. The Morgan fingerprint density at radius 3 is 2.65 bits per heavy atom. The Labute approximate surface area is 127 Å². The first-order chi connectivity index (χ1) is 9.65. The van der Waals surface area contributed by atoms with Crippen LogP contribution in [-0.2, 0) is 11.3 Å². The average molecular weight is 334 g/mol. The highest BCUT2D eigenvalue weighted by atomic mass is 79.9. The third-order valence-electron chi connectivity index (χ3n) is 2.79. The molecular formula is C16H16BrNO2. The Hall–Kier alpha value is -1.81. The van der Waals surface area contributed by atoms with E-state index < -0.39 is 6.10 Å². The molecule has 0 fully saturated rings. The lowest BCUT2D eigenvalue weighted by molar-refractivity contribution is -0.127. The summed E-state index contributed by atoms with van der Waals surface area (Å²) in [5, 5.41) is 2.86. The molecule has 0 aliphatic carbocycles. The summed E-state index contributed by atoms with van der Waals surface area (Å²) in [7, 11) is 0. The lowest BCUT2D eigenvalue weighted by atomic mass is 10.2. The summed E-state index contributed by atoms with van der Waals surface area (Å²) in [5.41, 5.74) is 1.07. The van der Waals surface area contributed by atoms with Crippen LogP contribution in [0, 0.1) is 0 Å². The maximum Gasteiger partial charge on any atom is 0.261 e. The van der Waals surface area contributed by atoms with Crippen LogP contribution < -0.4 is 10.1 Å². The summed E-state index contributed by atoms with van der Waals surface area (Å²) in [6.07, 6.45) is -0.534. The second-order valence-corrected chi connectivity index (χ2v) is 5.34. The van der Waals surface area contributed by atoms with Crippen molar-refractivity contribution in [3.05, 3.63) is 64.6 Å². The second kappa shape index (κ2) is 7.10. The quantitative estimate of drug-likeness (QED) is 0.908. The van der Waals surface area contributed by atoms with E-state index in [1.807, 2.05) is 54.6 Å². The Morgan fingerprint density at radius 2 is 1.95 bits per heavy atom. The van der Waals surface area contributed by atoms with Gasteiger partial charge in [-0.3, -0.25) is 4.79 Å². The minimum absolute atomic E-state index is 0.131. The molecule has 0 radical (unpaired) electrons. The monoisotopic (exact) mass is 333 g/mol. The fourth-order valence-corrected chi connectivity index (χ4v) is 2.10. The van der Waals surface area contributed by atoms with Gasteiger partial charge in [-0.1, -0.05) is 52.3 Å². The number of benzene rings is 2. The summed E-state index contributed by atoms with van der Waals surface area (Å²) in [6.45, 7) is 2.24. The van der Waals surface area contributed by atoms with E-state index in [1.165, 1.54) is 0 Å². The van der Waals surface area contributed by atoms with Crippen molar-refractivity contribution in [3.8, 4) is 5.75 Å². The van der Waals surface area contributed by atoms with Crippen molar-refractivity contribution in [2.75, 3.05) is 0 Å². The molecule has 3 nitrogen and oxygen atoms in total. The van der Waals surface area contributed by atoms with E-state index in [0.29, 0.717) is 12.3 Å². The number of hydrogen-bond acceptors (Lipinski definition) is 2. The predicted octanol–water partition coefficient (Wildman–Crippen LogP) is 3.53. The molecule has 0 aromatic heterocycles. The molecule has 1 N–H and O–H groups in total. The van der Waals surface area contributed by atoms with Crippen LogP contribution in [0.2, 0.25) is 0 Å². The van der Waals surface area contributed by atoms with E-state index in [9.17, 15) is 4.79 Å². The van der Waals surface area contributed by atoms with Crippen LogP contribution in [-0.4, -0.2) is 12.0 Å². The summed E-state index contributed by atoms with van der Waals surface area (Å²) in [6, 6.07) is 17.2. The minimum atomic E-state index is -0.534. The maximum atomic E-state index is 12.0. The van der Waals surface area contributed by atoms with Gasteiger partial charge in [0.25, 0.3) is 5.91 Å². The molecule has 2 aromatic carbocycles. The molecule has 0 aliphatic heterocycles. The van der Waals surface area contributed by atoms with Gasteiger partial charge < -0.3 is 10.1 Å². The molecular weight excluding hydrogens is 318 g/mol. The van der Waals surface area contributed by atoms with Gasteiger partial charge in [-0.15, -0.1) is 0 Å². The Balaban J connectivity index is 1.86. The largest absolute Gasteiger partial charge is 0.481 e.